The molecule has 0 aliphatic rings. The lowest BCUT2D eigenvalue weighted by Gasteiger charge is -2.21. The van der Waals surface area contributed by atoms with Crippen molar-refractivity contribution in [1.82, 2.24) is 14.9 Å². The van der Waals surface area contributed by atoms with E-state index in [0.717, 1.165) is 37.2 Å². The SMILES string of the molecule is CCCN(CCC)C(=O)c1cc(Nc2ccc(C)cc2C)ncn1. The largest absolute Gasteiger partial charge is 0.340 e. The van der Waals surface area contributed by atoms with Crippen molar-refractivity contribution in [3.05, 3.63) is 47.4 Å². The molecule has 0 saturated carbocycles. The third-order valence-electron chi connectivity index (χ3n) is 3.81. The van der Waals surface area contributed by atoms with Gasteiger partial charge in [-0.3, -0.25) is 4.79 Å². The molecule has 0 radical (unpaired) electrons. The molecule has 0 bridgehead atoms. The lowest BCUT2D eigenvalue weighted by atomic mass is 10.1. The third-order valence-corrected chi connectivity index (χ3v) is 3.81. The number of nitrogens with zero attached hydrogens (tertiary/aromatic N) is 3. The standard InChI is InChI=1S/C19H26N4O/c1-5-9-23(10-6-2)19(24)17-12-18(21-13-20-17)22-16-8-7-14(3)11-15(16)4/h7-8,11-13H,5-6,9-10H2,1-4H3,(H,20,21,22). The number of amides is 1. The minimum atomic E-state index is -0.0372. The van der Waals surface area contributed by atoms with Gasteiger partial charge in [0, 0.05) is 24.8 Å². The van der Waals surface area contributed by atoms with Crippen molar-refractivity contribution in [2.75, 3.05) is 18.4 Å². The fourth-order valence-electron chi connectivity index (χ4n) is 2.65. The molecule has 0 spiro atoms. The molecule has 5 nitrogen and oxygen atoms in total. The molecule has 2 rings (SSSR count). The average molecular weight is 326 g/mol. The van der Waals surface area contributed by atoms with E-state index >= 15 is 0 Å². The summed E-state index contributed by atoms with van der Waals surface area (Å²) < 4.78 is 0. The smallest absolute Gasteiger partial charge is 0.272 e. The molecule has 0 unspecified atom stereocenters. The van der Waals surface area contributed by atoms with E-state index < -0.39 is 0 Å². The number of anilines is 2. The number of aromatic nitrogens is 2. The number of rotatable bonds is 7. The Morgan fingerprint density at radius 3 is 2.42 bits per heavy atom. The maximum absolute atomic E-state index is 12.6. The summed E-state index contributed by atoms with van der Waals surface area (Å²) in [6.45, 7) is 9.75. The summed E-state index contributed by atoms with van der Waals surface area (Å²) in [5.74, 6) is 0.595. The van der Waals surface area contributed by atoms with Crippen molar-refractivity contribution < 1.29 is 4.79 Å². The molecule has 1 aromatic carbocycles. The molecule has 0 aliphatic carbocycles. The Morgan fingerprint density at radius 2 is 1.79 bits per heavy atom. The van der Waals surface area contributed by atoms with Crippen LogP contribution in [0.2, 0.25) is 0 Å². The van der Waals surface area contributed by atoms with E-state index in [1.165, 1.54) is 11.9 Å². The van der Waals surface area contributed by atoms with Crippen molar-refractivity contribution in [3.8, 4) is 0 Å². The Kier molecular flexibility index (Phi) is 6.29. The quantitative estimate of drug-likeness (QED) is 0.832. The van der Waals surface area contributed by atoms with Crippen LogP contribution in [0.4, 0.5) is 11.5 Å². The van der Waals surface area contributed by atoms with Gasteiger partial charge in [0.1, 0.15) is 17.8 Å². The van der Waals surface area contributed by atoms with Crippen molar-refractivity contribution in [3.63, 3.8) is 0 Å². The lowest BCUT2D eigenvalue weighted by Crippen LogP contribution is -2.33. The first kappa shape index (κ1) is 17.9. The molecule has 0 saturated heterocycles. The summed E-state index contributed by atoms with van der Waals surface area (Å²) in [6, 6.07) is 7.90. The molecule has 5 heteroatoms. The van der Waals surface area contributed by atoms with Crippen LogP contribution in [-0.2, 0) is 0 Å². The Bertz CT molecular complexity index is 694. The van der Waals surface area contributed by atoms with Gasteiger partial charge in [0.05, 0.1) is 0 Å². The van der Waals surface area contributed by atoms with Gasteiger partial charge >= 0.3 is 0 Å². The van der Waals surface area contributed by atoms with Crippen LogP contribution >= 0.6 is 0 Å². The number of aryl methyl sites for hydroxylation is 2. The van der Waals surface area contributed by atoms with Crippen LogP contribution in [0, 0.1) is 13.8 Å². The van der Waals surface area contributed by atoms with Crippen LogP contribution in [0.5, 0.6) is 0 Å². The van der Waals surface area contributed by atoms with Gasteiger partial charge in [-0.25, -0.2) is 9.97 Å². The fraction of sp³-hybridized carbons (Fsp3) is 0.421. The normalized spacial score (nSPS) is 10.5. The minimum absolute atomic E-state index is 0.0372. The zero-order valence-corrected chi connectivity index (χ0v) is 15.0. The van der Waals surface area contributed by atoms with E-state index in [0.29, 0.717) is 11.5 Å². The molecule has 0 aliphatic heterocycles. The number of benzene rings is 1. The molecule has 1 N–H and O–H groups in total. The molecule has 0 fully saturated rings. The van der Waals surface area contributed by atoms with Crippen molar-refractivity contribution in [2.45, 2.75) is 40.5 Å². The van der Waals surface area contributed by atoms with E-state index in [9.17, 15) is 4.79 Å². The van der Waals surface area contributed by atoms with Gasteiger partial charge in [-0.1, -0.05) is 31.5 Å². The second-order valence-electron chi connectivity index (χ2n) is 6.02. The zero-order valence-electron chi connectivity index (χ0n) is 15.0. The highest BCUT2D eigenvalue weighted by Crippen LogP contribution is 2.20. The van der Waals surface area contributed by atoms with E-state index in [4.69, 9.17) is 0 Å². The second-order valence-corrected chi connectivity index (χ2v) is 6.02. The van der Waals surface area contributed by atoms with E-state index in [-0.39, 0.29) is 5.91 Å². The molecule has 1 aromatic heterocycles. The molecule has 24 heavy (non-hydrogen) atoms. The van der Waals surface area contributed by atoms with Crippen molar-refractivity contribution in [2.24, 2.45) is 0 Å². The fourth-order valence-corrected chi connectivity index (χ4v) is 2.65. The van der Waals surface area contributed by atoms with Gasteiger partial charge in [0.25, 0.3) is 5.91 Å². The summed E-state index contributed by atoms with van der Waals surface area (Å²) in [5, 5.41) is 3.28. The summed E-state index contributed by atoms with van der Waals surface area (Å²) in [6.07, 6.45) is 3.31. The highest BCUT2D eigenvalue weighted by molar-refractivity contribution is 5.93. The Morgan fingerprint density at radius 1 is 1.08 bits per heavy atom. The van der Waals surface area contributed by atoms with Crippen LogP contribution in [0.1, 0.15) is 48.3 Å². The predicted molar refractivity (Wildman–Crippen MR) is 97.7 cm³/mol. The first-order chi connectivity index (χ1) is 11.5. The first-order valence-corrected chi connectivity index (χ1v) is 8.50. The number of carbonyl (C=O) groups excluding carboxylic acids is 1. The van der Waals surface area contributed by atoms with Gasteiger partial charge in [-0.05, 0) is 38.3 Å². The third kappa shape index (κ3) is 4.54. The summed E-state index contributed by atoms with van der Waals surface area (Å²) in [7, 11) is 0. The van der Waals surface area contributed by atoms with E-state index in [2.05, 4.69) is 42.1 Å². The van der Waals surface area contributed by atoms with E-state index in [1.54, 1.807) is 6.07 Å². The van der Waals surface area contributed by atoms with Crippen molar-refractivity contribution >= 4 is 17.4 Å². The zero-order chi connectivity index (χ0) is 17.5. The Hall–Kier alpha value is -2.43. The number of hydrogen-bond acceptors (Lipinski definition) is 4. The number of hydrogen-bond donors (Lipinski definition) is 1. The van der Waals surface area contributed by atoms with Gasteiger partial charge in [-0.2, -0.15) is 0 Å². The molecule has 128 valence electrons. The highest BCUT2D eigenvalue weighted by Gasteiger charge is 2.16. The maximum atomic E-state index is 12.6. The van der Waals surface area contributed by atoms with Crippen LogP contribution in [0.3, 0.4) is 0 Å². The topological polar surface area (TPSA) is 58.1 Å². The molecule has 2 aromatic rings. The van der Waals surface area contributed by atoms with Crippen LogP contribution in [0.25, 0.3) is 0 Å². The minimum Gasteiger partial charge on any atom is -0.340 e. The van der Waals surface area contributed by atoms with Gasteiger partial charge in [0.15, 0.2) is 0 Å². The molecule has 1 heterocycles. The first-order valence-electron chi connectivity index (χ1n) is 8.50. The molecular weight excluding hydrogens is 300 g/mol. The molecule has 0 atom stereocenters. The second kappa shape index (κ2) is 8.43. The van der Waals surface area contributed by atoms with E-state index in [1.807, 2.05) is 24.0 Å². The van der Waals surface area contributed by atoms with Crippen LogP contribution < -0.4 is 5.32 Å². The van der Waals surface area contributed by atoms with Crippen molar-refractivity contribution in [1.29, 1.82) is 0 Å². The van der Waals surface area contributed by atoms with Gasteiger partial charge < -0.3 is 10.2 Å². The predicted octanol–water partition coefficient (Wildman–Crippen LogP) is 4.10. The average Bonchev–Trinajstić information content (AvgIpc) is 2.57. The van der Waals surface area contributed by atoms with Gasteiger partial charge in [-0.15, -0.1) is 0 Å². The Labute approximate surface area is 144 Å². The molecular formula is C19H26N4O. The highest BCUT2D eigenvalue weighted by atomic mass is 16.2. The Balaban J connectivity index is 2.20. The molecule has 1 amide bonds. The van der Waals surface area contributed by atoms with Gasteiger partial charge in [0.2, 0.25) is 0 Å². The summed E-state index contributed by atoms with van der Waals surface area (Å²) in [5.41, 5.74) is 3.77. The number of carbonyl (C=O) groups is 1. The summed E-state index contributed by atoms with van der Waals surface area (Å²) >= 11 is 0. The van der Waals surface area contributed by atoms with Crippen LogP contribution in [0.15, 0.2) is 30.6 Å². The number of nitrogens with one attached hydrogen (secondary N) is 1. The van der Waals surface area contributed by atoms with Crippen LogP contribution in [-0.4, -0.2) is 33.9 Å². The maximum Gasteiger partial charge on any atom is 0.272 e. The summed E-state index contributed by atoms with van der Waals surface area (Å²) in [4.78, 5) is 22.9. The monoisotopic (exact) mass is 326 g/mol. The lowest BCUT2D eigenvalue weighted by molar-refractivity contribution is 0.0749.